The van der Waals surface area contributed by atoms with Crippen molar-refractivity contribution in [1.82, 2.24) is 5.32 Å². The van der Waals surface area contributed by atoms with Crippen molar-refractivity contribution in [2.45, 2.75) is 38.7 Å². The Morgan fingerprint density at radius 1 is 1.47 bits per heavy atom. The number of fused-ring (bicyclic) bond motifs is 1. The number of benzene rings is 1. The summed E-state index contributed by atoms with van der Waals surface area (Å²) in [5.74, 6) is 1.13. The zero-order valence-corrected chi connectivity index (χ0v) is 10.4. The molecule has 1 aromatic rings. The van der Waals surface area contributed by atoms with Gasteiger partial charge in [0, 0.05) is 12.6 Å². The summed E-state index contributed by atoms with van der Waals surface area (Å²) in [6.07, 6.45) is 4.76. The molecule has 1 aromatic carbocycles. The Balaban J connectivity index is 1.85. The van der Waals surface area contributed by atoms with E-state index in [1.165, 1.54) is 18.4 Å². The van der Waals surface area contributed by atoms with Gasteiger partial charge in [0.2, 0.25) is 0 Å². The Morgan fingerprint density at radius 2 is 2.35 bits per heavy atom. The van der Waals surface area contributed by atoms with E-state index in [1.54, 1.807) is 12.1 Å². The maximum atomic E-state index is 9.42. The molecule has 2 N–H and O–H groups in total. The van der Waals surface area contributed by atoms with Crippen LogP contribution in [0.3, 0.4) is 0 Å². The summed E-state index contributed by atoms with van der Waals surface area (Å²) >= 11 is 0. The number of rotatable bonds is 5. The minimum absolute atomic E-state index is 0.237. The molecule has 1 aliphatic rings. The number of unbranched alkanes of at least 4 members (excludes halogenated alkanes) is 1. The Morgan fingerprint density at radius 3 is 3.18 bits per heavy atom. The number of nitrogens with one attached hydrogen (secondary N) is 1. The summed E-state index contributed by atoms with van der Waals surface area (Å²) in [6.45, 7) is 4.15. The lowest BCUT2D eigenvalue weighted by Gasteiger charge is -2.26. The summed E-state index contributed by atoms with van der Waals surface area (Å²) in [6, 6.07) is 5.39. The molecule has 0 aromatic heterocycles. The van der Waals surface area contributed by atoms with Gasteiger partial charge in [-0.15, -0.1) is 0 Å². The van der Waals surface area contributed by atoms with Crippen molar-refractivity contribution >= 4 is 0 Å². The average molecular weight is 235 g/mol. The third-order valence-corrected chi connectivity index (χ3v) is 3.16. The highest BCUT2D eigenvalue weighted by atomic mass is 16.5. The van der Waals surface area contributed by atoms with Crippen molar-refractivity contribution in [1.29, 1.82) is 0 Å². The molecule has 0 spiro atoms. The van der Waals surface area contributed by atoms with Gasteiger partial charge in [0.1, 0.15) is 17.6 Å². The molecule has 1 heterocycles. The smallest absolute Gasteiger partial charge is 0.126 e. The van der Waals surface area contributed by atoms with Gasteiger partial charge in [-0.3, -0.25) is 0 Å². The maximum Gasteiger partial charge on any atom is 0.126 e. The Labute approximate surface area is 103 Å². The topological polar surface area (TPSA) is 41.5 Å². The third-order valence-electron chi connectivity index (χ3n) is 3.16. The molecule has 0 amide bonds. The monoisotopic (exact) mass is 235 g/mol. The molecule has 1 aliphatic heterocycles. The molecule has 0 radical (unpaired) electrons. The predicted octanol–water partition coefficient (Wildman–Crippen LogP) is 2.48. The molecule has 2 rings (SSSR count). The molecule has 3 nitrogen and oxygen atoms in total. The van der Waals surface area contributed by atoms with Crippen LogP contribution in [0.25, 0.3) is 0 Å². The highest BCUT2D eigenvalue weighted by Crippen LogP contribution is 2.30. The predicted molar refractivity (Wildman–Crippen MR) is 68.6 cm³/mol. The number of phenols is 1. The number of hydrogen-bond donors (Lipinski definition) is 2. The molecule has 0 saturated heterocycles. The van der Waals surface area contributed by atoms with Crippen LogP contribution in [0.5, 0.6) is 11.5 Å². The first-order chi connectivity index (χ1) is 8.29. The van der Waals surface area contributed by atoms with Gasteiger partial charge >= 0.3 is 0 Å². The lowest BCUT2D eigenvalue weighted by molar-refractivity contribution is 0.170. The van der Waals surface area contributed by atoms with Crippen LogP contribution in [-0.4, -0.2) is 24.3 Å². The van der Waals surface area contributed by atoms with Crippen molar-refractivity contribution < 1.29 is 9.84 Å². The maximum absolute atomic E-state index is 9.42. The zero-order chi connectivity index (χ0) is 12.1. The highest BCUT2D eigenvalue weighted by Gasteiger charge is 2.19. The van der Waals surface area contributed by atoms with E-state index in [0.29, 0.717) is 0 Å². The van der Waals surface area contributed by atoms with Crippen LogP contribution >= 0.6 is 0 Å². The number of phenolic OH excluding ortho intramolecular Hbond substituents is 1. The summed E-state index contributed by atoms with van der Waals surface area (Å²) in [5, 5.41) is 12.8. The minimum atomic E-state index is 0.237. The summed E-state index contributed by atoms with van der Waals surface area (Å²) in [4.78, 5) is 0. The third kappa shape index (κ3) is 3.37. The number of ether oxygens (including phenoxy) is 1. The molecular formula is C14H21NO2. The molecular weight excluding hydrogens is 214 g/mol. The van der Waals surface area contributed by atoms with E-state index in [9.17, 15) is 5.11 Å². The van der Waals surface area contributed by atoms with Gasteiger partial charge in [-0.2, -0.15) is 0 Å². The van der Waals surface area contributed by atoms with Crippen molar-refractivity contribution in [2.75, 3.05) is 13.1 Å². The quantitative estimate of drug-likeness (QED) is 0.770. The van der Waals surface area contributed by atoms with E-state index in [-0.39, 0.29) is 11.9 Å². The molecule has 0 bridgehead atoms. The molecule has 94 valence electrons. The summed E-state index contributed by atoms with van der Waals surface area (Å²) in [7, 11) is 0. The lowest BCUT2D eigenvalue weighted by atomic mass is 10.0. The van der Waals surface area contributed by atoms with Crippen LogP contribution in [0.4, 0.5) is 0 Å². The molecule has 0 saturated carbocycles. The standard InChI is InChI=1S/C14H21NO2/c1-2-3-8-15-10-13-7-5-11-4-6-12(16)9-14(11)17-13/h4,6,9,13,15-16H,2-3,5,7-8,10H2,1H3/t13-/m0/s1. The van der Waals surface area contributed by atoms with Crippen LogP contribution in [-0.2, 0) is 6.42 Å². The van der Waals surface area contributed by atoms with E-state index in [2.05, 4.69) is 12.2 Å². The Kier molecular flexibility index (Phi) is 4.26. The van der Waals surface area contributed by atoms with Crippen LogP contribution in [0.2, 0.25) is 0 Å². The van der Waals surface area contributed by atoms with Gasteiger partial charge in [-0.25, -0.2) is 0 Å². The second kappa shape index (κ2) is 5.92. The van der Waals surface area contributed by atoms with Gasteiger partial charge in [0.05, 0.1) is 0 Å². The first-order valence-electron chi connectivity index (χ1n) is 6.49. The fourth-order valence-corrected chi connectivity index (χ4v) is 2.12. The number of hydrogen-bond acceptors (Lipinski definition) is 3. The van der Waals surface area contributed by atoms with Crippen molar-refractivity contribution in [3.8, 4) is 11.5 Å². The van der Waals surface area contributed by atoms with Gasteiger partial charge in [-0.1, -0.05) is 19.4 Å². The van der Waals surface area contributed by atoms with Crippen LogP contribution in [0.15, 0.2) is 18.2 Å². The molecule has 0 fully saturated rings. The molecule has 0 unspecified atom stereocenters. The van der Waals surface area contributed by atoms with Crippen molar-refractivity contribution in [3.05, 3.63) is 23.8 Å². The van der Waals surface area contributed by atoms with Crippen LogP contribution in [0, 0.1) is 0 Å². The Hall–Kier alpha value is -1.22. The van der Waals surface area contributed by atoms with Gasteiger partial charge in [0.15, 0.2) is 0 Å². The molecule has 1 atom stereocenters. The first kappa shape index (κ1) is 12.2. The first-order valence-corrected chi connectivity index (χ1v) is 6.49. The Bertz CT molecular complexity index is 365. The largest absolute Gasteiger partial charge is 0.508 e. The van der Waals surface area contributed by atoms with Crippen molar-refractivity contribution in [3.63, 3.8) is 0 Å². The second-order valence-electron chi connectivity index (χ2n) is 4.63. The number of aromatic hydroxyl groups is 1. The lowest BCUT2D eigenvalue weighted by Crippen LogP contribution is -2.34. The molecule has 17 heavy (non-hydrogen) atoms. The number of aryl methyl sites for hydroxylation is 1. The van der Waals surface area contributed by atoms with E-state index in [0.717, 1.165) is 31.7 Å². The summed E-state index contributed by atoms with van der Waals surface area (Å²) in [5.41, 5.74) is 1.20. The second-order valence-corrected chi connectivity index (χ2v) is 4.63. The van der Waals surface area contributed by atoms with Crippen molar-refractivity contribution in [2.24, 2.45) is 0 Å². The average Bonchev–Trinajstić information content (AvgIpc) is 2.34. The van der Waals surface area contributed by atoms with Gasteiger partial charge in [-0.05, 0) is 37.4 Å². The SMILES string of the molecule is CCCCNC[C@@H]1CCc2ccc(O)cc2O1. The van der Waals surface area contributed by atoms with E-state index < -0.39 is 0 Å². The van der Waals surface area contributed by atoms with E-state index in [1.807, 2.05) is 6.07 Å². The van der Waals surface area contributed by atoms with Gasteiger partial charge in [0.25, 0.3) is 0 Å². The van der Waals surface area contributed by atoms with Crippen LogP contribution in [0.1, 0.15) is 31.7 Å². The van der Waals surface area contributed by atoms with E-state index >= 15 is 0 Å². The molecule has 3 heteroatoms. The normalized spacial score (nSPS) is 18.5. The van der Waals surface area contributed by atoms with E-state index in [4.69, 9.17) is 4.74 Å². The molecule has 0 aliphatic carbocycles. The highest BCUT2D eigenvalue weighted by molar-refractivity contribution is 5.41. The van der Waals surface area contributed by atoms with Gasteiger partial charge < -0.3 is 15.2 Å². The zero-order valence-electron chi connectivity index (χ0n) is 10.4. The minimum Gasteiger partial charge on any atom is -0.508 e. The fraction of sp³-hybridized carbons (Fsp3) is 0.571. The van der Waals surface area contributed by atoms with Crippen LogP contribution < -0.4 is 10.1 Å². The fourth-order valence-electron chi connectivity index (χ4n) is 2.12. The summed E-state index contributed by atoms with van der Waals surface area (Å²) < 4.78 is 5.87.